The van der Waals surface area contributed by atoms with Gasteiger partial charge in [-0.1, -0.05) is 18.2 Å². The summed E-state index contributed by atoms with van der Waals surface area (Å²) in [4.78, 5) is 9.50. The molecule has 0 bridgehead atoms. The molecule has 1 fully saturated rings. The first kappa shape index (κ1) is 20.5. The van der Waals surface area contributed by atoms with Gasteiger partial charge in [0, 0.05) is 45.0 Å². The lowest BCUT2D eigenvalue weighted by Crippen LogP contribution is -2.41. The van der Waals surface area contributed by atoms with Crippen LogP contribution in [0.2, 0.25) is 0 Å². The number of hydrogen-bond donors (Lipinski definition) is 2. The largest absolute Gasteiger partial charge is 0.379 e. The van der Waals surface area contributed by atoms with Crippen molar-refractivity contribution >= 4 is 11.6 Å². The molecule has 6 heteroatoms. The molecule has 1 unspecified atom stereocenters. The number of para-hydroxylation sites is 1. The highest BCUT2D eigenvalue weighted by molar-refractivity contribution is 5.79. The third-order valence-electron chi connectivity index (χ3n) is 4.73. The van der Waals surface area contributed by atoms with Gasteiger partial charge in [0.1, 0.15) is 0 Å². The van der Waals surface area contributed by atoms with Crippen LogP contribution in [0.15, 0.2) is 35.3 Å². The zero-order valence-electron chi connectivity index (χ0n) is 16.6. The Hall–Kier alpha value is -1.79. The molecule has 0 spiro atoms. The molecule has 1 aliphatic heterocycles. The summed E-state index contributed by atoms with van der Waals surface area (Å²) in [7, 11) is 2.12. The highest BCUT2D eigenvalue weighted by atomic mass is 16.5. The van der Waals surface area contributed by atoms with E-state index in [0.29, 0.717) is 6.04 Å². The van der Waals surface area contributed by atoms with E-state index < -0.39 is 0 Å². The van der Waals surface area contributed by atoms with E-state index in [9.17, 15) is 0 Å². The van der Waals surface area contributed by atoms with Crippen molar-refractivity contribution in [3.8, 4) is 0 Å². The summed E-state index contributed by atoms with van der Waals surface area (Å²) in [5.74, 6) is 0.905. The quantitative estimate of drug-likeness (QED) is 0.399. The van der Waals surface area contributed by atoms with Gasteiger partial charge in [0.25, 0.3) is 0 Å². The molecule has 1 aromatic rings. The highest BCUT2D eigenvalue weighted by Gasteiger charge is 2.11. The predicted molar refractivity (Wildman–Crippen MR) is 110 cm³/mol. The maximum absolute atomic E-state index is 5.39. The Morgan fingerprint density at radius 1 is 1.23 bits per heavy atom. The average Bonchev–Trinajstić information content (AvgIpc) is 2.70. The Bertz CT molecular complexity index is 516. The van der Waals surface area contributed by atoms with E-state index in [1.54, 1.807) is 0 Å². The number of aliphatic imine (C=N–C) groups is 1. The van der Waals surface area contributed by atoms with Crippen LogP contribution in [-0.2, 0) is 4.74 Å². The van der Waals surface area contributed by atoms with E-state index in [-0.39, 0.29) is 0 Å². The van der Waals surface area contributed by atoms with Gasteiger partial charge in [-0.25, -0.2) is 0 Å². The van der Waals surface area contributed by atoms with Crippen molar-refractivity contribution in [2.75, 3.05) is 64.4 Å². The van der Waals surface area contributed by atoms with Gasteiger partial charge in [0.2, 0.25) is 0 Å². The molecular weight excluding hydrogens is 326 g/mol. The van der Waals surface area contributed by atoms with Gasteiger partial charge in [-0.2, -0.15) is 0 Å². The Labute approximate surface area is 158 Å². The summed E-state index contributed by atoms with van der Waals surface area (Å²) in [6.07, 6.45) is 1.11. The minimum atomic E-state index is 0.334. The molecule has 6 nitrogen and oxygen atoms in total. The Morgan fingerprint density at radius 3 is 2.65 bits per heavy atom. The Kier molecular flexibility index (Phi) is 9.28. The van der Waals surface area contributed by atoms with Crippen molar-refractivity contribution in [2.45, 2.75) is 26.3 Å². The number of nitrogens with zero attached hydrogens (tertiary/aromatic N) is 3. The molecule has 0 amide bonds. The van der Waals surface area contributed by atoms with Crippen LogP contribution < -0.4 is 15.5 Å². The van der Waals surface area contributed by atoms with Crippen LogP contribution in [0.25, 0.3) is 0 Å². The van der Waals surface area contributed by atoms with Crippen molar-refractivity contribution in [2.24, 2.45) is 4.99 Å². The maximum atomic E-state index is 5.39. The number of benzene rings is 1. The fourth-order valence-electron chi connectivity index (χ4n) is 2.94. The first-order chi connectivity index (χ1) is 12.7. The van der Waals surface area contributed by atoms with Gasteiger partial charge in [-0.15, -0.1) is 0 Å². The van der Waals surface area contributed by atoms with E-state index in [2.05, 4.69) is 65.6 Å². The molecule has 1 saturated heterocycles. The second kappa shape index (κ2) is 11.8. The van der Waals surface area contributed by atoms with Crippen molar-refractivity contribution in [1.29, 1.82) is 0 Å². The van der Waals surface area contributed by atoms with Gasteiger partial charge in [-0.05, 0) is 38.9 Å². The summed E-state index contributed by atoms with van der Waals surface area (Å²) >= 11 is 0. The van der Waals surface area contributed by atoms with Crippen LogP contribution in [0.3, 0.4) is 0 Å². The maximum Gasteiger partial charge on any atom is 0.191 e. The second-order valence-electron chi connectivity index (χ2n) is 6.75. The molecule has 1 heterocycles. The molecule has 1 aliphatic rings. The number of guanidine groups is 1. The zero-order valence-corrected chi connectivity index (χ0v) is 16.6. The monoisotopic (exact) mass is 361 g/mol. The third kappa shape index (κ3) is 7.22. The molecular formula is C20H35N5O. The molecule has 0 aromatic heterocycles. The number of likely N-dealkylation sites (N-methyl/N-ethyl adjacent to an activating group) is 1. The second-order valence-corrected chi connectivity index (χ2v) is 6.75. The fourth-order valence-corrected chi connectivity index (χ4v) is 2.94. The molecule has 2 rings (SSSR count). The summed E-state index contributed by atoms with van der Waals surface area (Å²) in [6.45, 7) is 11.8. The first-order valence-electron chi connectivity index (χ1n) is 9.81. The zero-order chi connectivity index (χ0) is 18.6. The minimum absolute atomic E-state index is 0.334. The van der Waals surface area contributed by atoms with Crippen LogP contribution >= 0.6 is 0 Å². The normalized spacial score (nSPS) is 17.0. The topological polar surface area (TPSA) is 52.1 Å². The SMILES string of the molecule is CCNC(=NCC(C)N(C)c1ccccc1)NCCCN1CCOCC1. The van der Waals surface area contributed by atoms with E-state index in [4.69, 9.17) is 9.73 Å². The molecule has 0 saturated carbocycles. The predicted octanol–water partition coefficient (Wildman–Crippen LogP) is 1.79. The van der Waals surface area contributed by atoms with Crippen molar-refractivity contribution in [3.63, 3.8) is 0 Å². The summed E-state index contributed by atoms with van der Waals surface area (Å²) in [6, 6.07) is 10.8. The highest BCUT2D eigenvalue weighted by Crippen LogP contribution is 2.14. The van der Waals surface area contributed by atoms with Gasteiger partial charge in [-0.3, -0.25) is 9.89 Å². The smallest absolute Gasteiger partial charge is 0.191 e. The summed E-state index contributed by atoms with van der Waals surface area (Å²) in [5.41, 5.74) is 1.22. The fraction of sp³-hybridized carbons (Fsp3) is 0.650. The molecule has 26 heavy (non-hydrogen) atoms. The van der Waals surface area contributed by atoms with E-state index in [0.717, 1.165) is 64.9 Å². The summed E-state index contributed by atoms with van der Waals surface area (Å²) < 4.78 is 5.39. The summed E-state index contributed by atoms with van der Waals surface area (Å²) in [5, 5.41) is 6.80. The van der Waals surface area contributed by atoms with E-state index in [1.807, 2.05) is 6.07 Å². The number of anilines is 1. The van der Waals surface area contributed by atoms with Gasteiger partial charge >= 0.3 is 0 Å². The minimum Gasteiger partial charge on any atom is -0.379 e. The van der Waals surface area contributed by atoms with Crippen LogP contribution in [-0.4, -0.2) is 76.4 Å². The van der Waals surface area contributed by atoms with Crippen molar-refractivity contribution in [3.05, 3.63) is 30.3 Å². The van der Waals surface area contributed by atoms with Crippen LogP contribution in [0.5, 0.6) is 0 Å². The van der Waals surface area contributed by atoms with Gasteiger partial charge in [0.15, 0.2) is 5.96 Å². The molecule has 146 valence electrons. The number of rotatable bonds is 9. The first-order valence-corrected chi connectivity index (χ1v) is 9.81. The molecule has 0 aliphatic carbocycles. The number of ether oxygens (including phenoxy) is 1. The van der Waals surface area contributed by atoms with Crippen LogP contribution in [0.4, 0.5) is 5.69 Å². The van der Waals surface area contributed by atoms with Gasteiger partial charge in [0.05, 0.1) is 19.8 Å². The number of hydrogen-bond acceptors (Lipinski definition) is 4. The van der Waals surface area contributed by atoms with E-state index >= 15 is 0 Å². The van der Waals surface area contributed by atoms with Crippen LogP contribution in [0, 0.1) is 0 Å². The lowest BCUT2D eigenvalue weighted by molar-refractivity contribution is 0.0376. The molecule has 2 N–H and O–H groups in total. The molecule has 0 radical (unpaired) electrons. The number of nitrogens with one attached hydrogen (secondary N) is 2. The van der Waals surface area contributed by atoms with Crippen molar-refractivity contribution < 1.29 is 4.74 Å². The molecule has 1 atom stereocenters. The Morgan fingerprint density at radius 2 is 1.96 bits per heavy atom. The third-order valence-corrected chi connectivity index (χ3v) is 4.73. The molecule has 1 aromatic carbocycles. The van der Waals surface area contributed by atoms with Gasteiger partial charge < -0.3 is 20.3 Å². The van der Waals surface area contributed by atoms with Crippen molar-refractivity contribution in [1.82, 2.24) is 15.5 Å². The lowest BCUT2D eigenvalue weighted by Gasteiger charge is -2.27. The lowest BCUT2D eigenvalue weighted by atomic mass is 10.2. The average molecular weight is 362 g/mol. The number of morpholine rings is 1. The Balaban J connectivity index is 1.74. The standard InChI is InChI=1S/C20H35N5O/c1-4-21-20(22-11-8-12-25-13-15-26-16-14-25)23-17-18(2)24(3)19-9-6-5-7-10-19/h5-7,9-10,18H,4,8,11-17H2,1-3H3,(H2,21,22,23). The van der Waals surface area contributed by atoms with Crippen LogP contribution in [0.1, 0.15) is 20.3 Å². The van der Waals surface area contributed by atoms with E-state index in [1.165, 1.54) is 5.69 Å².